The summed E-state index contributed by atoms with van der Waals surface area (Å²) in [5, 5.41) is 13.9. The van der Waals surface area contributed by atoms with Gasteiger partial charge in [0, 0.05) is 13.5 Å². The Kier molecular flexibility index (Phi) is 4.65. The Morgan fingerprint density at radius 2 is 2.11 bits per heavy atom. The van der Waals surface area contributed by atoms with Crippen molar-refractivity contribution in [1.82, 2.24) is 5.32 Å². The van der Waals surface area contributed by atoms with Gasteiger partial charge in [0.05, 0.1) is 5.69 Å². The van der Waals surface area contributed by atoms with E-state index in [-0.39, 0.29) is 12.2 Å². The number of rotatable bonds is 5. The highest BCUT2D eigenvalue weighted by molar-refractivity contribution is 5.82. The van der Waals surface area contributed by atoms with Gasteiger partial charge in [-0.25, -0.2) is 9.18 Å². The zero-order chi connectivity index (χ0) is 13.7. The number of nitrogens with one attached hydrogen (secondary N) is 2. The van der Waals surface area contributed by atoms with Crippen LogP contribution in [0.2, 0.25) is 0 Å². The maximum Gasteiger partial charge on any atom is 0.328 e. The number of halogens is 1. The summed E-state index contributed by atoms with van der Waals surface area (Å²) in [6, 6.07) is 3.46. The van der Waals surface area contributed by atoms with Gasteiger partial charge in [0.1, 0.15) is 11.9 Å². The van der Waals surface area contributed by atoms with Gasteiger partial charge in [0.15, 0.2) is 0 Å². The summed E-state index contributed by atoms with van der Waals surface area (Å²) >= 11 is 0. The van der Waals surface area contributed by atoms with E-state index in [1.807, 2.05) is 0 Å². The molecular weight excluding hydrogens is 239 g/mol. The van der Waals surface area contributed by atoms with E-state index in [1.54, 1.807) is 19.1 Å². The zero-order valence-corrected chi connectivity index (χ0v) is 10.2. The number of para-hydroxylation sites is 1. The van der Waals surface area contributed by atoms with Crippen molar-refractivity contribution in [2.24, 2.45) is 0 Å². The molecule has 1 rings (SSSR count). The van der Waals surface area contributed by atoms with Crippen molar-refractivity contribution in [1.29, 1.82) is 0 Å². The summed E-state index contributed by atoms with van der Waals surface area (Å²) in [6.45, 7) is 2.85. The van der Waals surface area contributed by atoms with E-state index in [1.165, 1.54) is 13.0 Å². The first-order valence-electron chi connectivity index (χ1n) is 5.40. The van der Waals surface area contributed by atoms with Gasteiger partial charge >= 0.3 is 5.97 Å². The smallest absolute Gasteiger partial charge is 0.328 e. The summed E-state index contributed by atoms with van der Waals surface area (Å²) < 4.78 is 13.5. The van der Waals surface area contributed by atoms with Crippen LogP contribution in [0.4, 0.5) is 10.1 Å². The average molecular weight is 254 g/mol. The fraction of sp³-hybridized carbons (Fsp3) is 0.333. The summed E-state index contributed by atoms with van der Waals surface area (Å²) in [7, 11) is 0. The molecule has 0 bridgehead atoms. The molecule has 0 aliphatic heterocycles. The molecule has 0 saturated heterocycles. The van der Waals surface area contributed by atoms with Crippen LogP contribution in [0.1, 0.15) is 12.5 Å². The number of carbonyl (C=O) groups is 2. The van der Waals surface area contributed by atoms with Crippen molar-refractivity contribution in [3.63, 3.8) is 0 Å². The lowest BCUT2D eigenvalue weighted by Crippen LogP contribution is -2.44. The predicted octanol–water partition coefficient (Wildman–Crippen LogP) is 1.14. The molecule has 0 heterocycles. The highest BCUT2D eigenvalue weighted by Crippen LogP contribution is 2.18. The average Bonchev–Trinajstić information content (AvgIpc) is 2.26. The van der Waals surface area contributed by atoms with E-state index in [0.717, 1.165) is 0 Å². The Morgan fingerprint density at radius 3 is 2.61 bits per heavy atom. The van der Waals surface area contributed by atoms with Gasteiger partial charge in [0.25, 0.3) is 0 Å². The van der Waals surface area contributed by atoms with E-state index < -0.39 is 23.7 Å². The standard InChI is InChI=1S/C12H15FN2O3/c1-7-4-3-5-9(13)11(7)14-6-10(12(17)18)15-8(2)16/h3-5,10,14H,6H2,1-2H3,(H,15,16)(H,17,18). The number of carboxylic acids is 1. The lowest BCUT2D eigenvalue weighted by molar-refractivity contribution is -0.141. The molecule has 3 N–H and O–H groups in total. The number of benzene rings is 1. The Bertz CT molecular complexity index is 442. The molecule has 0 aliphatic carbocycles. The topological polar surface area (TPSA) is 78.4 Å². The first kappa shape index (κ1) is 14.0. The van der Waals surface area contributed by atoms with Crippen LogP contribution in [-0.4, -0.2) is 29.6 Å². The fourth-order valence-electron chi connectivity index (χ4n) is 1.51. The molecular formula is C12H15FN2O3. The third-order valence-electron chi connectivity index (χ3n) is 2.38. The van der Waals surface area contributed by atoms with Crippen molar-refractivity contribution >= 4 is 17.6 Å². The largest absolute Gasteiger partial charge is 0.480 e. The maximum atomic E-state index is 13.5. The molecule has 1 aromatic carbocycles. The fourth-order valence-corrected chi connectivity index (χ4v) is 1.51. The van der Waals surface area contributed by atoms with Crippen LogP contribution in [-0.2, 0) is 9.59 Å². The van der Waals surface area contributed by atoms with Crippen molar-refractivity contribution in [3.8, 4) is 0 Å². The van der Waals surface area contributed by atoms with Gasteiger partial charge in [-0.15, -0.1) is 0 Å². The minimum absolute atomic E-state index is 0.0866. The predicted molar refractivity (Wildman–Crippen MR) is 64.9 cm³/mol. The van der Waals surface area contributed by atoms with Crippen molar-refractivity contribution < 1.29 is 19.1 Å². The number of carbonyl (C=O) groups excluding carboxylic acids is 1. The quantitative estimate of drug-likeness (QED) is 0.736. The maximum absolute atomic E-state index is 13.5. The number of aryl methyl sites for hydroxylation is 1. The Hall–Kier alpha value is -2.11. The SMILES string of the molecule is CC(=O)NC(CNc1c(C)cccc1F)C(=O)O. The first-order chi connectivity index (χ1) is 8.41. The molecule has 1 aromatic rings. The van der Waals surface area contributed by atoms with Crippen LogP contribution >= 0.6 is 0 Å². The highest BCUT2D eigenvalue weighted by Gasteiger charge is 2.18. The van der Waals surface area contributed by atoms with Crippen molar-refractivity contribution in [2.75, 3.05) is 11.9 Å². The van der Waals surface area contributed by atoms with E-state index in [9.17, 15) is 14.0 Å². The van der Waals surface area contributed by atoms with E-state index in [2.05, 4.69) is 10.6 Å². The highest BCUT2D eigenvalue weighted by atomic mass is 19.1. The molecule has 18 heavy (non-hydrogen) atoms. The van der Waals surface area contributed by atoms with Gasteiger partial charge in [-0.1, -0.05) is 12.1 Å². The minimum atomic E-state index is -1.17. The molecule has 0 saturated carbocycles. The lowest BCUT2D eigenvalue weighted by atomic mass is 10.2. The molecule has 1 unspecified atom stereocenters. The van der Waals surface area contributed by atoms with Crippen LogP contribution in [0.15, 0.2) is 18.2 Å². The van der Waals surface area contributed by atoms with E-state index in [0.29, 0.717) is 5.56 Å². The number of aliphatic carboxylic acids is 1. The molecule has 0 aromatic heterocycles. The van der Waals surface area contributed by atoms with Gasteiger partial charge < -0.3 is 15.7 Å². The van der Waals surface area contributed by atoms with Crippen LogP contribution in [0.5, 0.6) is 0 Å². The Balaban J connectivity index is 2.73. The molecule has 0 fully saturated rings. The molecule has 1 atom stereocenters. The van der Waals surface area contributed by atoms with Crippen molar-refractivity contribution in [3.05, 3.63) is 29.6 Å². The second kappa shape index (κ2) is 6.00. The Labute approximate surface area is 104 Å². The number of hydrogen-bond acceptors (Lipinski definition) is 3. The number of hydrogen-bond donors (Lipinski definition) is 3. The molecule has 0 aliphatic rings. The van der Waals surface area contributed by atoms with Crippen LogP contribution < -0.4 is 10.6 Å². The number of anilines is 1. The molecule has 6 heteroatoms. The molecule has 5 nitrogen and oxygen atoms in total. The third kappa shape index (κ3) is 3.73. The summed E-state index contributed by atoms with van der Waals surface area (Å²) in [6.07, 6.45) is 0. The molecule has 1 amide bonds. The second-order valence-electron chi connectivity index (χ2n) is 3.90. The molecule has 98 valence electrons. The monoisotopic (exact) mass is 254 g/mol. The molecule has 0 radical (unpaired) electrons. The third-order valence-corrected chi connectivity index (χ3v) is 2.38. The molecule has 0 spiro atoms. The zero-order valence-electron chi connectivity index (χ0n) is 10.2. The first-order valence-corrected chi connectivity index (χ1v) is 5.40. The van der Waals surface area contributed by atoms with Gasteiger partial charge in [-0.2, -0.15) is 0 Å². The van der Waals surface area contributed by atoms with Crippen molar-refractivity contribution in [2.45, 2.75) is 19.9 Å². The summed E-state index contributed by atoms with van der Waals surface area (Å²) in [4.78, 5) is 21.7. The number of carboxylic acid groups (broad SMARTS) is 1. The van der Waals surface area contributed by atoms with Crippen LogP contribution in [0, 0.1) is 12.7 Å². The van der Waals surface area contributed by atoms with Crippen LogP contribution in [0.3, 0.4) is 0 Å². The van der Waals surface area contributed by atoms with E-state index in [4.69, 9.17) is 5.11 Å². The van der Waals surface area contributed by atoms with Crippen LogP contribution in [0.25, 0.3) is 0 Å². The Morgan fingerprint density at radius 1 is 1.44 bits per heavy atom. The van der Waals surface area contributed by atoms with E-state index >= 15 is 0 Å². The summed E-state index contributed by atoms with van der Waals surface area (Å²) in [5.41, 5.74) is 0.913. The normalized spacial score (nSPS) is 11.7. The van der Waals surface area contributed by atoms with Gasteiger partial charge in [-0.05, 0) is 18.6 Å². The number of amides is 1. The minimum Gasteiger partial charge on any atom is -0.480 e. The lowest BCUT2D eigenvalue weighted by Gasteiger charge is -2.16. The van der Waals surface area contributed by atoms with Gasteiger partial charge in [-0.3, -0.25) is 4.79 Å². The second-order valence-corrected chi connectivity index (χ2v) is 3.90. The van der Waals surface area contributed by atoms with Gasteiger partial charge in [0.2, 0.25) is 5.91 Å². The summed E-state index contributed by atoms with van der Waals surface area (Å²) in [5.74, 6) is -2.08.